The zero-order valence-corrected chi connectivity index (χ0v) is 16.6. The second-order valence-corrected chi connectivity index (χ2v) is 9.10. The van der Waals surface area contributed by atoms with Crippen LogP contribution in [0.1, 0.15) is 30.0 Å². The molecule has 1 aliphatic heterocycles. The van der Waals surface area contributed by atoms with Crippen LogP contribution in [0.5, 0.6) is 0 Å². The van der Waals surface area contributed by atoms with E-state index in [-0.39, 0.29) is 17.4 Å². The summed E-state index contributed by atoms with van der Waals surface area (Å²) >= 11 is 0. The maximum atomic E-state index is 13.0. The molecule has 2 aromatic heterocycles. The van der Waals surface area contributed by atoms with E-state index in [4.69, 9.17) is 0 Å². The summed E-state index contributed by atoms with van der Waals surface area (Å²) in [5.41, 5.74) is 0.720. The first kappa shape index (κ1) is 20.5. The van der Waals surface area contributed by atoms with Crippen molar-refractivity contribution in [3.63, 3.8) is 0 Å². The van der Waals surface area contributed by atoms with Crippen molar-refractivity contribution in [2.24, 2.45) is 0 Å². The second-order valence-electron chi connectivity index (χ2n) is 7.16. The Hall–Kier alpha value is -2.72. The highest BCUT2D eigenvalue weighted by molar-refractivity contribution is 7.89. The lowest BCUT2D eigenvalue weighted by Gasteiger charge is -2.31. The summed E-state index contributed by atoms with van der Waals surface area (Å²) in [6, 6.07) is 10.2. The van der Waals surface area contributed by atoms with E-state index in [0.717, 1.165) is 18.6 Å². The Morgan fingerprint density at radius 1 is 1.13 bits per heavy atom. The van der Waals surface area contributed by atoms with Gasteiger partial charge in [0.1, 0.15) is 4.90 Å². The average Bonchev–Trinajstić information content (AvgIpc) is 3.29. The molecule has 1 fully saturated rings. The van der Waals surface area contributed by atoms with Gasteiger partial charge in [-0.15, -0.1) is 0 Å². The summed E-state index contributed by atoms with van der Waals surface area (Å²) in [6.07, 6.45) is -0.413. The average molecular weight is 436 g/mol. The third-order valence-electron chi connectivity index (χ3n) is 5.17. The number of pyridine rings is 1. The van der Waals surface area contributed by atoms with Gasteiger partial charge in [0.15, 0.2) is 0 Å². The number of sulfonamides is 1. The van der Waals surface area contributed by atoms with Gasteiger partial charge in [0.2, 0.25) is 10.0 Å². The number of rotatable bonds is 4. The van der Waals surface area contributed by atoms with Crippen LogP contribution in [0.2, 0.25) is 0 Å². The highest BCUT2D eigenvalue weighted by Gasteiger charge is 2.33. The predicted octanol–water partition coefficient (Wildman–Crippen LogP) is 4.06. The van der Waals surface area contributed by atoms with Gasteiger partial charge in [-0.25, -0.2) is 8.42 Å². The molecule has 0 unspecified atom stereocenters. The van der Waals surface area contributed by atoms with Crippen LogP contribution in [0.15, 0.2) is 59.8 Å². The molecule has 10 heteroatoms. The monoisotopic (exact) mass is 436 g/mol. The fourth-order valence-corrected chi connectivity index (χ4v) is 5.06. The highest BCUT2D eigenvalue weighted by atomic mass is 32.2. The van der Waals surface area contributed by atoms with Gasteiger partial charge < -0.3 is 0 Å². The van der Waals surface area contributed by atoms with Gasteiger partial charge in [-0.2, -0.15) is 22.6 Å². The minimum Gasteiger partial charge on any atom is -0.284 e. The van der Waals surface area contributed by atoms with Crippen LogP contribution < -0.4 is 0 Å². The van der Waals surface area contributed by atoms with E-state index in [2.05, 4.69) is 15.2 Å². The Morgan fingerprint density at radius 3 is 2.67 bits per heavy atom. The fraction of sp³-hybridized carbons (Fsp3) is 0.300. The number of aromatic amines is 1. The van der Waals surface area contributed by atoms with E-state index >= 15 is 0 Å². The van der Waals surface area contributed by atoms with E-state index in [9.17, 15) is 21.6 Å². The third kappa shape index (κ3) is 4.10. The molecule has 1 atom stereocenters. The summed E-state index contributed by atoms with van der Waals surface area (Å²) < 4.78 is 66.1. The van der Waals surface area contributed by atoms with Crippen LogP contribution in [0.3, 0.4) is 0 Å². The molecule has 3 heterocycles. The maximum Gasteiger partial charge on any atom is 0.416 e. The Kier molecular flexibility index (Phi) is 5.37. The minimum absolute atomic E-state index is 0.105. The zero-order valence-electron chi connectivity index (χ0n) is 15.8. The lowest BCUT2D eigenvalue weighted by atomic mass is 9.95. The fourth-order valence-electron chi connectivity index (χ4n) is 3.63. The number of hydrogen-bond acceptors (Lipinski definition) is 4. The van der Waals surface area contributed by atoms with Crippen LogP contribution in [0, 0.1) is 0 Å². The van der Waals surface area contributed by atoms with Gasteiger partial charge in [-0.3, -0.25) is 10.1 Å². The summed E-state index contributed by atoms with van der Waals surface area (Å²) in [4.78, 5) is 4.67. The molecule has 0 amide bonds. The van der Waals surface area contributed by atoms with Gasteiger partial charge in [0.25, 0.3) is 0 Å². The molecular formula is C20H19F3N4O2S. The molecule has 0 saturated carbocycles. The number of nitrogens with one attached hydrogen (secondary N) is 1. The maximum absolute atomic E-state index is 13.0. The second kappa shape index (κ2) is 7.84. The van der Waals surface area contributed by atoms with Crippen molar-refractivity contribution in [2.45, 2.75) is 29.8 Å². The van der Waals surface area contributed by atoms with Gasteiger partial charge in [-0.05, 0) is 37.1 Å². The number of piperidine rings is 1. The molecule has 1 aliphatic rings. The summed E-state index contributed by atoms with van der Waals surface area (Å²) in [5.74, 6) is -0.147. The molecule has 158 valence electrons. The van der Waals surface area contributed by atoms with Crippen LogP contribution in [0.25, 0.3) is 11.3 Å². The largest absolute Gasteiger partial charge is 0.416 e. The number of benzene rings is 1. The first-order valence-electron chi connectivity index (χ1n) is 9.39. The topological polar surface area (TPSA) is 79.0 Å². The SMILES string of the molecule is O=S(=O)(c1cn[nH]c1)N1CCC[C@H](c2cccc(-c3cccc(C(F)(F)F)c3)n2)C1. The summed E-state index contributed by atoms with van der Waals surface area (Å²) in [7, 11) is -3.66. The molecule has 0 radical (unpaired) electrons. The van der Waals surface area contributed by atoms with Crippen molar-refractivity contribution in [3.8, 4) is 11.3 Å². The van der Waals surface area contributed by atoms with E-state index < -0.39 is 21.8 Å². The first-order chi connectivity index (χ1) is 14.2. The van der Waals surface area contributed by atoms with Gasteiger partial charge in [0.05, 0.1) is 17.5 Å². The molecule has 1 saturated heterocycles. The number of aromatic nitrogens is 3. The lowest BCUT2D eigenvalue weighted by Crippen LogP contribution is -2.39. The van der Waals surface area contributed by atoms with Crippen molar-refractivity contribution in [3.05, 3.63) is 66.1 Å². The molecule has 3 aromatic rings. The van der Waals surface area contributed by atoms with Crippen molar-refractivity contribution in [1.82, 2.24) is 19.5 Å². The molecule has 0 aliphatic carbocycles. The van der Waals surface area contributed by atoms with E-state index in [1.165, 1.54) is 22.8 Å². The number of halogens is 3. The van der Waals surface area contributed by atoms with Crippen LogP contribution >= 0.6 is 0 Å². The predicted molar refractivity (Wildman–Crippen MR) is 104 cm³/mol. The van der Waals surface area contributed by atoms with E-state index in [1.54, 1.807) is 24.3 Å². The molecular weight excluding hydrogens is 417 g/mol. The zero-order chi connectivity index (χ0) is 21.4. The van der Waals surface area contributed by atoms with E-state index in [1.807, 2.05) is 0 Å². The van der Waals surface area contributed by atoms with Crippen LogP contribution in [0.4, 0.5) is 13.2 Å². The number of H-pyrrole nitrogens is 1. The Labute approximate surface area is 171 Å². The number of hydrogen-bond donors (Lipinski definition) is 1. The van der Waals surface area contributed by atoms with Crippen LogP contribution in [-0.4, -0.2) is 41.0 Å². The van der Waals surface area contributed by atoms with Crippen LogP contribution in [-0.2, 0) is 16.2 Å². The van der Waals surface area contributed by atoms with Crippen molar-refractivity contribution in [2.75, 3.05) is 13.1 Å². The molecule has 6 nitrogen and oxygen atoms in total. The Bertz CT molecular complexity index is 1130. The number of nitrogens with zero attached hydrogens (tertiary/aromatic N) is 3. The molecule has 1 aromatic carbocycles. The molecule has 4 rings (SSSR count). The van der Waals surface area contributed by atoms with Gasteiger partial charge in [0, 0.05) is 36.5 Å². The third-order valence-corrected chi connectivity index (χ3v) is 7.00. The first-order valence-corrected chi connectivity index (χ1v) is 10.8. The molecule has 0 spiro atoms. The van der Waals surface area contributed by atoms with Crippen molar-refractivity contribution in [1.29, 1.82) is 0 Å². The normalized spacial score (nSPS) is 18.4. The smallest absolute Gasteiger partial charge is 0.284 e. The molecule has 30 heavy (non-hydrogen) atoms. The van der Waals surface area contributed by atoms with Gasteiger partial charge in [-0.1, -0.05) is 18.2 Å². The van der Waals surface area contributed by atoms with Gasteiger partial charge >= 0.3 is 6.18 Å². The molecule has 1 N–H and O–H groups in total. The Balaban J connectivity index is 1.60. The minimum atomic E-state index is -4.43. The summed E-state index contributed by atoms with van der Waals surface area (Å²) in [6.45, 7) is 0.657. The lowest BCUT2D eigenvalue weighted by molar-refractivity contribution is -0.137. The highest BCUT2D eigenvalue weighted by Crippen LogP contribution is 2.33. The van der Waals surface area contributed by atoms with Crippen molar-refractivity contribution < 1.29 is 21.6 Å². The Morgan fingerprint density at radius 2 is 1.93 bits per heavy atom. The van der Waals surface area contributed by atoms with E-state index in [0.29, 0.717) is 29.9 Å². The number of alkyl halides is 3. The summed E-state index contributed by atoms with van der Waals surface area (Å²) in [5, 5.41) is 6.22. The molecule has 0 bridgehead atoms. The standard InChI is InChI=1S/C20H19F3N4O2S/c21-20(22,23)16-6-1-4-14(10-16)18-7-2-8-19(26-18)15-5-3-9-27(13-15)30(28,29)17-11-24-25-12-17/h1-2,4,6-8,10-12,15H,3,5,9,13H2,(H,24,25)/t15-/m0/s1. The quantitative estimate of drug-likeness (QED) is 0.669. The van der Waals surface area contributed by atoms with Crippen molar-refractivity contribution >= 4 is 10.0 Å².